The highest BCUT2D eigenvalue weighted by molar-refractivity contribution is 7.99. The summed E-state index contributed by atoms with van der Waals surface area (Å²) in [5, 5.41) is 17.9. The molecule has 202 valence electrons. The number of hydrogen-bond acceptors (Lipinski definition) is 11. The van der Waals surface area contributed by atoms with Crippen LogP contribution in [0.1, 0.15) is 32.7 Å². The number of allylic oxidation sites excluding steroid dienone is 2. The van der Waals surface area contributed by atoms with Crippen molar-refractivity contribution >= 4 is 40.4 Å². The van der Waals surface area contributed by atoms with Crippen molar-refractivity contribution in [1.82, 2.24) is 10.2 Å². The summed E-state index contributed by atoms with van der Waals surface area (Å²) < 4.78 is 0. The molecule has 0 aromatic heterocycles. The maximum absolute atomic E-state index is 13.3. The number of hydrogen-bond donors (Lipinski definition) is 4. The van der Waals surface area contributed by atoms with E-state index in [0.717, 1.165) is 37.4 Å². The lowest BCUT2D eigenvalue weighted by Crippen LogP contribution is -2.44. The second kappa shape index (κ2) is 11.8. The molecule has 2 aromatic carbocycles. The Balaban J connectivity index is 1.54. The van der Waals surface area contributed by atoms with Gasteiger partial charge in [-0.1, -0.05) is 12.1 Å². The molecule has 0 spiro atoms. The van der Waals surface area contributed by atoms with Crippen molar-refractivity contribution in [2.45, 2.75) is 18.3 Å². The van der Waals surface area contributed by atoms with Gasteiger partial charge in [0.05, 0.1) is 10.3 Å². The van der Waals surface area contributed by atoms with Gasteiger partial charge >= 0.3 is 5.69 Å². The van der Waals surface area contributed by atoms with Gasteiger partial charge in [0.25, 0.3) is 0 Å². The summed E-state index contributed by atoms with van der Waals surface area (Å²) in [6.45, 7) is 4.59. The van der Waals surface area contributed by atoms with Gasteiger partial charge in [-0.2, -0.15) is 0 Å². The average Bonchev–Trinajstić information content (AvgIpc) is 2.91. The van der Waals surface area contributed by atoms with Crippen molar-refractivity contribution in [2.75, 3.05) is 56.2 Å². The smallest absolute Gasteiger partial charge is 0.304 e. The molecule has 12 heteroatoms. The van der Waals surface area contributed by atoms with E-state index in [1.165, 1.54) is 23.9 Å². The number of carbonyl (C=O) groups is 2. The molecule has 11 nitrogen and oxygen atoms in total. The van der Waals surface area contributed by atoms with Gasteiger partial charge in [-0.05, 0) is 56.1 Å². The number of piperazine rings is 1. The third kappa shape index (κ3) is 5.62. The second-order valence-corrected chi connectivity index (χ2v) is 10.4. The Kier molecular flexibility index (Phi) is 8.55. The van der Waals surface area contributed by atoms with Gasteiger partial charge in [-0.3, -0.25) is 19.7 Å². The third-order valence-corrected chi connectivity index (χ3v) is 7.80. The first-order chi connectivity index (χ1) is 18.2. The van der Waals surface area contributed by atoms with E-state index in [1.54, 1.807) is 0 Å². The van der Waals surface area contributed by atoms with Crippen LogP contribution in [0.3, 0.4) is 0 Å². The van der Waals surface area contributed by atoms with Crippen LogP contribution in [-0.4, -0.2) is 72.8 Å². The van der Waals surface area contributed by atoms with Crippen molar-refractivity contribution in [2.24, 2.45) is 11.5 Å². The molecule has 38 heavy (non-hydrogen) atoms. The fourth-order valence-corrected chi connectivity index (χ4v) is 5.27. The number of nitrogens with two attached hydrogens (primary N) is 2. The number of carbonyl (C=O) groups excluding carboxylic acids is 2. The fraction of sp³-hybridized carbons (Fsp3) is 0.385. The molecule has 1 atom stereocenters. The van der Waals surface area contributed by atoms with Crippen LogP contribution >= 0.6 is 11.8 Å². The van der Waals surface area contributed by atoms with Crippen LogP contribution in [0.4, 0.5) is 17.1 Å². The van der Waals surface area contributed by atoms with Crippen LogP contribution in [0.15, 0.2) is 47.8 Å². The predicted molar refractivity (Wildman–Crippen MR) is 151 cm³/mol. The maximum Gasteiger partial charge on any atom is 0.304 e. The van der Waals surface area contributed by atoms with Crippen LogP contribution in [0.25, 0.3) is 0 Å². The first kappa shape index (κ1) is 27.4. The van der Waals surface area contributed by atoms with Crippen molar-refractivity contribution in [3.05, 3.63) is 74.6 Å². The minimum Gasteiger partial charge on any atom is -0.394 e. The molecule has 1 saturated heterocycles. The van der Waals surface area contributed by atoms with E-state index >= 15 is 0 Å². The zero-order valence-electron chi connectivity index (χ0n) is 21.5. The molecule has 1 unspecified atom stereocenters. The Bertz CT molecular complexity index is 1260. The van der Waals surface area contributed by atoms with Crippen LogP contribution in [0.5, 0.6) is 0 Å². The Hall–Kier alpha value is -3.61. The third-order valence-electron chi connectivity index (χ3n) is 6.88. The first-order valence-electron chi connectivity index (χ1n) is 12.4. The zero-order chi connectivity index (χ0) is 27.4. The molecule has 0 saturated carbocycles. The highest BCUT2D eigenvalue weighted by atomic mass is 32.2. The number of likely N-dealkylation sites (N-methyl/N-ethyl adjacent to an activating group) is 1. The monoisotopic (exact) mass is 539 g/mol. The molecule has 1 aliphatic carbocycles. The summed E-state index contributed by atoms with van der Waals surface area (Å²) in [6, 6.07) is 10.9. The van der Waals surface area contributed by atoms with E-state index in [-0.39, 0.29) is 40.1 Å². The summed E-state index contributed by atoms with van der Waals surface area (Å²) in [5.74, 6) is -1.30. The predicted octanol–water partition coefficient (Wildman–Crippen LogP) is 2.14. The molecule has 1 aliphatic heterocycles. The second-order valence-electron chi connectivity index (χ2n) is 9.34. The Labute approximate surface area is 225 Å². The number of nitrogens with one attached hydrogen (secondary N) is 2. The Morgan fingerprint density at radius 3 is 2.37 bits per heavy atom. The van der Waals surface area contributed by atoms with Gasteiger partial charge in [-0.15, -0.1) is 11.8 Å². The number of benzene rings is 2. The molecular formula is C26H33N7O4S. The minimum atomic E-state index is -0.748. The minimum absolute atomic E-state index is 0.0473. The van der Waals surface area contributed by atoms with Crippen molar-refractivity contribution in [3.63, 3.8) is 0 Å². The molecule has 0 radical (unpaired) electrons. The number of thioether (sulfide) groups is 1. The topological polar surface area (TPSA) is 160 Å². The van der Waals surface area contributed by atoms with Gasteiger partial charge < -0.3 is 31.9 Å². The SMILES string of the molecule is CSC(CCN)Nc1ccc2c(c1[N+](=O)[O-])C(=O)C(N)=C(NCc1ccc(N3CCN(C)CC3)cc1)C2=O. The van der Waals surface area contributed by atoms with Crippen LogP contribution in [0.2, 0.25) is 0 Å². The number of nitro groups is 1. The quantitative estimate of drug-likeness (QED) is 0.199. The number of nitrogens with zero attached hydrogens (tertiary/aromatic N) is 3. The fourth-order valence-electron chi connectivity index (χ4n) is 4.65. The first-order valence-corrected chi connectivity index (χ1v) is 13.7. The van der Waals surface area contributed by atoms with Gasteiger partial charge in [-0.25, -0.2) is 0 Å². The van der Waals surface area contributed by atoms with Crippen molar-refractivity contribution in [1.29, 1.82) is 0 Å². The number of Topliss-reactive ketones (excluding diaryl/α,β-unsaturated/α-hetero) is 2. The van der Waals surface area contributed by atoms with E-state index in [2.05, 4.69) is 27.5 Å². The molecule has 0 bridgehead atoms. The Morgan fingerprint density at radius 2 is 1.76 bits per heavy atom. The number of anilines is 2. The molecule has 2 aromatic rings. The standard InChI is InChI=1S/C26H33N7O4S/c1-31-11-13-32(14-12-31)17-5-3-16(4-6-17)15-29-23-22(28)26(35)21-18(25(23)34)7-8-19(24(21)33(36)37)30-20(38-2)9-10-27/h3-8,20,29-30H,9-15,27-28H2,1-2H3. The summed E-state index contributed by atoms with van der Waals surface area (Å²) in [4.78, 5) is 42.6. The van der Waals surface area contributed by atoms with Gasteiger partial charge in [0, 0.05) is 44.0 Å². The van der Waals surface area contributed by atoms with Crippen molar-refractivity contribution < 1.29 is 14.5 Å². The highest BCUT2D eigenvalue weighted by Gasteiger charge is 2.38. The summed E-state index contributed by atoms with van der Waals surface area (Å²) in [6.07, 6.45) is 2.42. The van der Waals surface area contributed by atoms with Crippen molar-refractivity contribution in [3.8, 4) is 0 Å². The van der Waals surface area contributed by atoms with Crippen LogP contribution in [-0.2, 0) is 6.54 Å². The largest absolute Gasteiger partial charge is 0.394 e. The van der Waals surface area contributed by atoms with Crippen LogP contribution < -0.4 is 27.0 Å². The number of rotatable bonds is 10. The lowest BCUT2D eigenvalue weighted by Gasteiger charge is -2.34. The van der Waals surface area contributed by atoms with E-state index in [9.17, 15) is 19.7 Å². The zero-order valence-corrected chi connectivity index (χ0v) is 22.3. The molecule has 1 heterocycles. The molecular weight excluding hydrogens is 506 g/mol. The maximum atomic E-state index is 13.3. The number of nitro benzene ring substituents is 1. The average molecular weight is 540 g/mol. The molecule has 4 rings (SSSR count). The Morgan fingerprint density at radius 1 is 1.08 bits per heavy atom. The molecule has 2 aliphatic rings. The van der Waals surface area contributed by atoms with Gasteiger partial charge in [0.15, 0.2) is 0 Å². The van der Waals surface area contributed by atoms with Crippen LogP contribution in [0, 0.1) is 10.1 Å². The summed E-state index contributed by atoms with van der Waals surface area (Å²) >= 11 is 1.45. The normalized spacial score (nSPS) is 16.9. The highest BCUT2D eigenvalue weighted by Crippen LogP contribution is 2.37. The summed E-state index contributed by atoms with van der Waals surface area (Å²) in [5.41, 5.74) is 12.7. The molecule has 0 amide bonds. The number of ketones is 2. The lowest BCUT2D eigenvalue weighted by atomic mass is 9.88. The summed E-state index contributed by atoms with van der Waals surface area (Å²) in [7, 11) is 2.11. The molecule has 6 N–H and O–H groups in total. The van der Waals surface area contributed by atoms with Gasteiger partial charge in [0.1, 0.15) is 22.6 Å². The molecule has 1 fully saturated rings. The van der Waals surface area contributed by atoms with E-state index in [1.807, 2.05) is 30.5 Å². The van der Waals surface area contributed by atoms with E-state index in [4.69, 9.17) is 11.5 Å². The van der Waals surface area contributed by atoms with E-state index < -0.39 is 22.2 Å². The van der Waals surface area contributed by atoms with E-state index in [0.29, 0.717) is 13.0 Å². The lowest BCUT2D eigenvalue weighted by molar-refractivity contribution is -0.384. The number of fused-ring (bicyclic) bond motifs is 1. The van der Waals surface area contributed by atoms with Gasteiger partial charge in [0.2, 0.25) is 11.6 Å².